The lowest BCUT2D eigenvalue weighted by atomic mass is 10.2. The summed E-state index contributed by atoms with van der Waals surface area (Å²) in [7, 11) is 0. The largest absolute Gasteiger partial charge is 0.492 e. The molecule has 1 heterocycles. The van der Waals surface area contributed by atoms with Gasteiger partial charge in [0.25, 0.3) is 5.91 Å². The van der Waals surface area contributed by atoms with Crippen LogP contribution in [0.2, 0.25) is 0 Å². The Kier molecular flexibility index (Phi) is 5.88. The molecule has 0 spiro atoms. The number of benzene rings is 2. The zero-order chi connectivity index (χ0) is 20.0. The van der Waals surface area contributed by atoms with Gasteiger partial charge in [-0.2, -0.15) is 13.2 Å². The summed E-state index contributed by atoms with van der Waals surface area (Å²) in [6.45, 7) is 0.292. The van der Waals surface area contributed by atoms with Gasteiger partial charge >= 0.3 is 6.18 Å². The molecule has 0 atom stereocenters. The highest BCUT2D eigenvalue weighted by molar-refractivity contribution is 5.93. The maximum absolute atomic E-state index is 12.5. The number of amides is 1. The molecule has 2 aromatic carbocycles. The highest BCUT2D eigenvalue weighted by Gasteiger charge is 2.29. The van der Waals surface area contributed by atoms with Crippen molar-refractivity contribution in [2.75, 3.05) is 13.2 Å². The quantitative estimate of drug-likeness (QED) is 0.650. The van der Waals surface area contributed by atoms with Crippen LogP contribution in [0.1, 0.15) is 15.9 Å². The normalized spacial score (nSPS) is 11.1. The van der Waals surface area contributed by atoms with Crippen LogP contribution in [0.4, 0.5) is 13.2 Å². The predicted octanol–water partition coefficient (Wildman–Crippen LogP) is 3.97. The summed E-state index contributed by atoms with van der Waals surface area (Å²) in [5, 5.41) is 2.64. The van der Waals surface area contributed by atoms with E-state index in [4.69, 9.17) is 4.74 Å². The van der Waals surface area contributed by atoms with E-state index in [0.29, 0.717) is 11.4 Å². The minimum atomic E-state index is -4.38. The van der Waals surface area contributed by atoms with Crippen LogP contribution in [-0.4, -0.2) is 29.0 Å². The van der Waals surface area contributed by atoms with E-state index in [9.17, 15) is 18.0 Å². The van der Waals surface area contributed by atoms with Gasteiger partial charge in [-0.25, -0.2) is 9.97 Å². The SMILES string of the molecule is O=C(NCCOc1ccc(C(F)(F)F)cc1)c1cnc(-c2ccccc2)nc1. The number of hydrogen-bond acceptors (Lipinski definition) is 4. The van der Waals surface area contributed by atoms with Crippen LogP contribution < -0.4 is 10.1 Å². The number of halogens is 3. The average Bonchev–Trinajstić information content (AvgIpc) is 2.71. The molecule has 0 aliphatic heterocycles. The monoisotopic (exact) mass is 387 g/mol. The molecule has 1 aromatic heterocycles. The molecule has 0 aliphatic carbocycles. The van der Waals surface area contributed by atoms with Crippen molar-refractivity contribution in [1.82, 2.24) is 15.3 Å². The fourth-order valence-corrected chi connectivity index (χ4v) is 2.36. The van der Waals surface area contributed by atoms with E-state index in [2.05, 4.69) is 15.3 Å². The molecule has 5 nitrogen and oxygen atoms in total. The first-order valence-electron chi connectivity index (χ1n) is 8.39. The van der Waals surface area contributed by atoms with Crippen LogP contribution in [0.5, 0.6) is 5.75 Å². The van der Waals surface area contributed by atoms with Crippen molar-refractivity contribution in [3.63, 3.8) is 0 Å². The second-order valence-corrected chi connectivity index (χ2v) is 5.79. The molecule has 0 bridgehead atoms. The molecule has 0 saturated carbocycles. The zero-order valence-corrected chi connectivity index (χ0v) is 14.6. The van der Waals surface area contributed by atoms with Gasteiger partial charge in [0, 0.05) is 18.0 Å². The van der Waals surface area contributed by atoms with Crippen LogP contribution in [0.25, 0.3) is 11.4 Å². The Morgan fingerprint density at radius 2 is 1.61 bits per heavy atom. The minimum Gasteiger partial charge on any atom is -0.492 e. The topological polar surface area (TPSA) is 64.1 Å². The number of alkyl halides is 3. The van der Waals surface area contributed by atoms with Crippen molar-refractivity contribution in [1.29, 1.82) is 0 Å². The Morgan fingerprint density at radius 3 is 2.21 bits per heavy atom. The van der Waals surface area contributed by atoms with E-state index >= 15 is 0 Å². The number of carbonyl (C=O) groups is 1. The van der Waals surface area contributed by atoms with Gasteiger partial charge in [0.2, 0.25) is 0 Å². The van der Waals surface area contributed by atoms with E-state index in [1.807, 2.05) is 30.3 Å². The molecule has 1 amide bonds. The Bertz CT molecular complexity index is 912. The summed E-state index contributed by atoms with van der Waals surface area (Å²) in [5.41, 5.74) is 0.403. The standard InChI is InChI=1S/C20H16F3N3O2/c21-20(22,23)16-6-8-17(9-7-16)28-11-10-24-19(27)15-12-25-18(26-13-15)14-4-2-1-3-5-14/h1-9,12-13H,10-11H2,(H,24,27). The minimum absolute atomic E-state index is 0.111. The van der Waals surface area contributed by atoms with Gasteiger partial charge in [-0.05, 0) is 24.3 Å². The second kappa shape index (κ2) is 8.51. The third-order valence-corrected chi connectivity index (χ3v) is 3.78. The lowest BCUT2D eigenvalue weighted by Gasteiger charge is -2.10. The van der Waals surface area contributed by atoms with Gasteiger partial charge in [0.1, 0.15) is 12.4 Å². The van der Waals surface area contributed by atoms with Crippen LogP contribution in [0, 0.1) is 0 Å². The van der Waals surface area contributed by atoms with Gasteiger partial charge in [-0.1, -0.05) is 30.3 Å². The van der Waals surface area contributed by atoms with Crippen molar-refractivity contribution in [3.8, 4) is 17.1 Å². The first-order chi connectivity index (χ1) is 13.4. The summed E-state index contributed by atoms with van der Waals surface area (Å²) >= 11 is 0. The molecule has 0 saturated heterocycles. The van der Waals surface area contributed by atoms with Crippen molar-refractivity contribution < 1.29 is 22.7 Å². The molecule has 1 N–H and O–H groups in total. The maximum Gasteiger partial charge on any atom is 0.416 e. The molecule has 28 heavy (non-hydrogen) atoms. The highest BCUT2D eigenvalue weighted by atomic mass is 19.4. The van der Waals surface area contributed by atoms with Crippen molar-refractivity contribution in [2.24, 2.45) is 0 Å². The van der Waals surface area contributed by atoms with E-state index < -0.39 is 11.7 Å². The van der Waals surface area contributed by atoms with E-state index in [0.717, 1.165) is 17.7 Å². The van der Waals surface area contributed by atoms with Gasteiger partial charge in [0.05, 0.1) is 17.7 Å². The first-order valence-corrected chi connectivity index (χ1v) is 8.39. The van der Waals surface area contributed by atoms with Crippen molar-refractivity contribution >= 4 is 5.91 Å². The number of carbonyl (C=O) groups excluding carboxylic acids is 1. The van der Waals surface area contributed by atoms with E-state index in [1.165, 1.54) is 24.5 Å². The van der Waals surface area contributed by atoms with E-state index in [1.54, 1.807) is 0 Å². The first kappa shape index (κ1) is 19.3. The van der Waals surface area contributed by atoms with Crippen LogP contribution in [0.15, 0.2) is 67.0 Å². The third kappa shape index (κ3) is 5.06. The van der Waals surface area contributed by atoms with Gasteiger partial charge in [0.15, 0.2) is 5.82 Å². The molecule has 3 aromatic rings. The number of ether oxygens (including phenoxy) is 1. The average molecular weight is 387 g/mol. The van der Waals surface area contributed by atoms with Gasteiger partial charge < -0.3 is 10.1 Å². The number of nitrogens with zero attached hydrogens (tertiary/aromatic N) is 2. The van der Waals surface area contributed by atoms with Crippen LogP contribution in [0.3, 0.4) is 0 Å². The lowest BCUT2D eigenvalue weighted by molar-refractivity contribution is -0.137. The molecule has 144 valence electrons. The second-order valence-electron chi connectivity index (χ2n) is 5.79. The summed E-state index contributed by atoms with van der Waals surface area (Å²) < 4.78 is 42.8. The van der Waals surface area contributed by atoms with Crippen LogP contribution >= 0.6 is 0 Å². The highest BCUT2D eigenvalue weighted by Crippen LogP contribution is 2.30. The number of hydrogen-bond donors (Lipinski definition) is 1. The zero-order valence-electron chi connectivity index (χ0n) is 14.6. The summed E-state index contributed by atoms with van der Waals surface area (Å²) in [4.78, 5) is 20.4. The smallest absolute Gasteiger partial charge is 0.416 e. The predicted molar refractivity (Wildman–Crippen MR) is 96.7 cm³/mol. The molecule has 0 fully saturated rings. The summed E-state index contributed by atoms with van der Waals surface area (Å²) in [5.74, 6) is 0.441. The van der Waals surface area contributed by atoms with Crippen molar-refractivity contribution in [2.45, 2.75) is 6.18 Å². The molecule has 3 rings (SSSR count). The molecule has 0 aliphatic rings. The Labute approximate surface area is 159 Å². The van der Waals surface area contributed by atoms with E-state index in [-0.39, 0.29) is 24.8 Å². The Morgan fingerprint density at radius 1 is 0.964 bits per heavy atom. The Balaban J connectivity index is 1.47. The van der Waals surface area contributed by atoms with Gasteiger partial charge in [-0.3, -0.25) is 4.79 Å². The number of rotatable bonds is 6. The Hall–Kier alpha value is -3.42. The van der Waals surface area contributed by atoms with Crippen molar-refractivity contribution in [3.05, 3.63) is 78.1 Å². The maximum atomic E-state index is 12.5. The number of nitrogens with one attached hydrogen (secondary N) is 1. The fraction of sp³-hybridized carbons (Fsp3) is 0.150. The summed E-state index contributed by atoms with van der Waals surface area (Å²) in [6.07, 6.45) is -1.52. The fourth-order valence-electron chi connectivity index (χ4n) is 2.36. The third-order valence-electron chi connectivity index (χ3n) is 3.78. The molecule has 8 heteroatoms. The van der Waals surface area contributed by atoms with Gasteiger partial charge in [-0.15, -0.1) is 0 Å². The molecular weight excluding hydrogens is 371 g/mol. The molecule has 0 radical (unpaired) electrons. The van der Waals surface area contributed by atoms with Crippen LogP contribution in [-0.2, 0) is 6.18 Å². The molecular formula is C20H16F3N3O2. The summed E-state index contributed by atoms with van der Waals surface area (Å²) in [6, 6.07) is 13.7. The lowest BCUT2D eigenvalue weighted by Crippen LogP contribution is -2.28. The number of aromatic nitrogens is 2. The molecule has 0 unspecified atom stereocenters.